The molecular weight excluding hydrogens is 172 g/mol. The van der Waals surface area contributed by atoms with Crippen molar-refractivity contribution in [2.45, 2.75) is 12.8 Å². The van der Waals surface area contributed by atoms with E-state index in [0.29, 0.717) is 12.1 Å². The number of nitrogens with one attached hydrogen (secondary N) is 1. The minimum absolute atomic E-state index is 0.0132. The van der Waals surface area contributed by atoms with Crippen molar-refractivity contribution in [2.24, 2.45) is 0 Å². The number of hydrogen-bond acceptors (Lipinski definition) is 1. The molecule has 1 atom stereocenters. The third kappa shape index (κ3) is 2.25. The SMILES string of the molecule is CNCC(C)c1cccc(F)c1F. The van der Waals surface area contributed by atoms with Crippen molar-refractivity contribution in [1.29, 1.82) is 0 Å². The average Bonchev–Trinajstić information content (AvgIpc) is 2.10. The maximum Gasteiger partial charge on any atom is 0.162 e. The highest BCUT2D eigenvalue weighted by Crippen LogP contribution is 2.19. The lowest BCUT2D eigenvalue weighted by Gasteiger charge is -2.11. The highest BCUT2D eigenvalue weighted by molar-refractivity contribution is 5.22. The zero-order chi connectivity index (χ0) is 9.84. The first-order valence-electron chi connectivity index (χ1n) is 4.25. The molecule has 0 aliphatic rings. The molecule has 0 aliphatic carbocycles. The Hall–Kier alpha value is -0.960. The summed E-state index contributed by atoms with van der Waals surface area (Å²) >= 11 is 0. The molecule has 0 heterocycles. The van der Waals surface area contributed by atoms with Crippen molar-refractivity contribution < 1.29 is 8.78 Å². The van der Waals surface area contributed by atoms with Gasteiger partial charge in [0.1, 0.15) is 0 Å². The van der Waals surface area contributed by atoms with Crippen molar-refractivity contribution in [3.8, 4) is 0 Å². The molecule has 1 aromatic rings. The molecule has 1 aromatic carbocycles. The van der Waals surface area contributed by atoms with Crippen molar-refractivity contribution >= 4 is 0 Å². The van der Waals surface area contributed by atoms with Gasteiger partial charge in [-0.3, -0.25) is 0 Å². The third-order valence-electron chi connectivity index (χ3n) is 2.02. The van der Waals surface area contributed by atoms with Crippen molar-refractivity contribution in [3.05, 3.63) is 35.4 Å². The van der Waals surface area contributed by atoms with Crippen LogP contribution in [0.4, 0.5) is 8.78 Å². The molecule has 1 unspecified atom stereocenters. The highest BCUT2D eigenvalue weighted by Gasteiger charge is 2.12. The molecule has 1 rings (SSSR count). The van der Waals surface area contributed by atoms with Crippen molar-refractivity contribution in [1.82, 2.24) is 5.32 Å². The molecule has 0 spiro atoms. The van der Waals surface area contributed by atoms with Gasteiger partial charge in [-0.1, -0.05) is 19.1 Å². The average molecular weight is 185 g/mol. The number of hydrogen-bond donors (Lipinski definition) is 1. The zero-order valence-corrected chi connectivity index (χ0v) is 7.77. The van der Waals surface area contributed by atoms with Crippen LogP contribution in [0, 0.1) is 11.6 Å². The minimum atomic E-state index is -0.777. The fourth-order valence-electron chi connectivity index (χ4n) is 1.32. The zero-order valence-electron chi connectivity index (χ0n) is 7.77. The standard InChI is InChI=1S/C10H13F2N/c1-7(6-13-2)8-4-3-5-9(11)10(8)12/h3-5,7,13H,6H2,1-2H3. The molecule has 0 aliphatic heterocycles. The van der Waals surface area contributed by atoms with Gasteiger partial charge in [-0.25, -0.2) is 8.78 Å². The van der Waals surface area contributed by atoms with E-state index in [-0.39, 0.29) is 5.92 Å². The van der Waals surface area contributed by atoms with E-state index in [1.165, 1.54) is 6.07 Å². The van der Waals surface area contributed by atoms with Gasteiger partial charge in [0.05, 0.1) is 0 Å². The molecular formula is C10H13F2N. The lowest BCUT2D eigenvalue weighted by Crippen LogP contribution is -2.16. The first-order chi connectivity index (χ1) is 6.16. The quantitative estimate of drug-likeness (QED) is 0.761. The van der Waals surface area contributed by atoms with E-state index >= 15 is 0 Å². The Morgan fingerprint density at radius 1 is 1.38 bits per heavy atom. The number of halogens is 2. The van der Waals surface area contributed by atoms with Gasteiger partial charge in [0.15, 0.2) is 11.6 Å². The Morgan fingerprint density at radius 3 is 2.69 bits per heavy atom. The molecule has 0 amide bonds. The maximum atomic E-state index is 13.2. The lowest BCUT2D eigenvalue weighted by molar-refractivity contribution is 0.488. The molecule has 0 fully saturated rings. The van der Waals surface area contributed by atoms with Crippen LogP contribution in [0.1, 0.15) is 18.4 Å². The molecule has 1 nitrogen and oxygen atoms in total. The summed E-state index contributed by atoms with van der Waals surface area (Å²) < 4.78 is 26.0. The minimum Gasteiger partial charge on any atom is -0.319 e. The summed E-state index contributed by atoms with van der Waals surface area (Å²) in [6.45, 7) is 2.49. The lowest BCUT2D eigenvalue weighted by atomic mass is 10.0. The summed E-state index contributed by atoms with van der Waals surface area (Å²) in [4.78, 5) is 0. The van der Waals surface area contributed by atoms with Crippen LogP contribution >= 0.6 is 0 Å². The second-order valence-electron chi connectivity index (χ2n) is 3.10. The topological polar surface area (TPSA) is 12.0 Å². The molecule has 72 valence electrons. The second kappa shape index (κ2) is 4.33. The van der Waals surface area contributed by atoms with E-state index in [2.05, 4.69) is 5.32 Å². The van der Waals surface area contributed by atoms with Gasteiger partial charge in [0.2, 0.25) is 0 Å². The molecule has 0 aromatic heterocycles. The Balaban J connectivity index is 2.93. The van der Waals surface area contributed by atoms with E-state index < -0.39 is 11.6 Å². The van der Waals surface area contributed by atoms with Gasteiger partial charge in [0, 0.05) is 6.54 Å². The van der Waals surface area contributed by atoms with Gasteiger partial charge in [-0.2, -0.15) is 0 Å². The molecule has 0 saturated heterocycles. The molecule has 1 N–H and O–H groups in total. The summed E-state index contributed by atoms with van der Waals surface area (Å²) in [5.74, 6) is -1.52. The number of benzene rings is 1. The van der Waals surface area contributed by atoms with Crippen LogP contribution in [-0.4, -0.2) is 13.6 Å². The fraction of sp³-hybridized carbons (Fsp3) is 0.400. The Bertz CT molecular complexity index is 286. The van der Waals surface area contributed by atoms with E-state index in [4.69, 9.17) is 0 Å². The summed E-state index contributed by atoms with van der Waals surface area (Å²) in [7, 11) is 1.79. The predicted molar refractivity (Wildman–Crippen MR) is 48.7 cm³/mol. The monoisotopic (exact) mass is 185 g/mol. The van der Waals surface area contributed by atoms with Crippen LogP contribution in [0.5, 0.6) is 0 Å². The Kier molecular flexibility index (Phi) is 3.37. The number of rotatable bonds is 3. The van der Waals surface area contributed by atoms with Crippen molar-refractivity contribution in [2.75, 3.05) is 13.6 Å². The van der Waals surface area contributed by atoms with E-state index in [9.17, 15) is 8.78 Å². The van der Waals surface area contributed by atoms with Crippen LogP contribution < -0.4 is 5.32 Å². The van der Waals surface area contributed by atoms with Crippen LogP contribution in [0.2, 0.25) is 0 Å². The second-order valence-corrected chi connectivity index (χ2v) is 3.10. The molecule has 0 bridgehead atoms. The third-order valence-corrected chi connectivity index (χ3v) is 2.02. The summed E-state index contributed by atoms with van der Waals surface area (Å²) in [5.41, 5.74) is 0.425. The Morgan fingerprint density at radius 2 is 2.08 bits per heavy atom. The Labute approximate surface area is 76.8 Å². The summed E-state index contributed by atoms with van der Waals surface area (Å²) in [6.07, 6.45) is 0. The molecule has 13 heavy (non-hydrogen) atoms. The van der Waals surface area contributed by atoms with Gasteiger partial charge in [-0.05, 0) is 24.6 Å². The summed E-state index contributed by atoms with van der Waals surface area (Å²) in [5, 5.41) is 2.92. The molecule has 0 radical (unpaired) electrons. The summed E-state index contributed by atoms with van der Waals surface area (Å²) in [6, 6.07) is 4.27. The molecule has 3 heteroatoms. The van der Waals surface area contributed by atoms with Crippen LogP contribution in [0.15, 0.2) is 18.2 Å². The van der Waals surface area contributed by atoms with Crippen LogP contribution in [0.3, 0.4) is 0 Å². The fourth-order valence-corrected chi connectivity index (χ4v) is 1.32. The van der Waals surface area contributed by atoms with Crippen molar-refractivity contribution in [3.63, 3.8) is 0 Å². The highest BCUT2D eigenvalue weighted by atomic mass is 19.2. The maximum absolute atomic E-state index is 13.2. The van der Waals surface area contributed by atoms with E-state index in [1.807, 2.05) is 6.92 Å². The molecule has 0 saturated carbocycles. The first kappa shape index (κ1) is 10.1. The number of likely N-dealkylation sites (N-methyl/N-ethyl adjacent to an activating group) is 1. The predicted octanol–water partition coefficient (Wildman–Crippen LogP) is 2.29. The largest absolute Gasteiger partial charge is 0.319 e. The smallest absolute Gasteiger partial charge is 0.162 e. The first-order valence-corrected chi connectivity index (χ1v) is 4.25. The normalized spacial score (nSPS) is 12.9. The van der Waals surface area contributed by atoms with Gasteiger partial charge in [0.25, 0.3) is 0 Å². The van der Waals surface area contributed by atoms with Gasteiger partial charge < -0.3 is 5.32 Å². The van der Waals surface area contributed by atoms with Gasteiger partial charge >= 0.3 is 0 Å². The van der Waals surface area contributed by atoms with Crippen LogP contribution in [-0.2, 0) is 0 Å². The van der Waals surface area contributed by atoms with Gasteiger partial charge in [-0.15, -0.1) is 0 Å². The van der Waals surface area contributed by atoms with Crippen LogP contribution in [0.25, 0.3) is 0 Å². The van der Waals surface area contributed by atoms with E-state index in [0.717, 1.165) is 6.07 Å². The van der Waals surface area contributed by atoms with E-state index in [1.54, 1.807) is 13.1 Å².